The highest BCUT2D eigenvalue weighted by Crippen LogP contribution is 2.21. The van der Waals surface area contributed by atoms with E-state index in [9.17, 15) is 10.4 Å². The number of aromatic nitrogens is 2. The Balaban J connectivity index is 1.51. The van der Waals surface area contributed by atoms with E-state index < -0.39 is 0 Å². The lowest BCUT2D eigenvalue weighted by molar-refractivity contribution is -0.919. The van der Waals surface area contributed by atoms with E-state index in [-0.39, 0.29) is 17.4 Å². The van der Waals surface area contributed by atoms with Crippen molar-refractivity contribution < 1.29 is 10.0 Å². The number of H-pyrrole nitrogens is 1. The zero-order valence-corrected chi connectivity index (χ0v) is 16.9. The quantitative estimate of drug-likeness (QED) is 0.458. The van der Waals surface area contributed by atoms with Gasteiger partial charge in [0.25, 0.3) is 0 Å². The summed E-state index contributed by atoms with van der Waals surface area (Å²) in [5.74, 6) is 0.493. The zero-order valence-electron chi connectivity index (χ0n) is 16.2. The molecule has 7 heteroatoms. The molecule has 1 aliphatic heterocycles. The summed E-state index contributed by atoms with van der Waals surface area (Å²) < 4.78 is 0. The van der Waals surface area contributed by atoms with Gasteiger partial charge >= 0.3 is 0 Å². The minimum Gasteiger partial charge on any atom is -0.505 e. The van der Waals surface area contributed by atoms with Crippen LogP contribution >= 0.6 is 11.6 Å². The van der Waals surface area contributed by atoms with Crippen molar-refractivity contribution >= 4 is 33.9 Å². The molecule has 1 atom stereocenters. The summed E-state index contributed by atoms with van der Waals surface area (Å²) in [4.78, 5) is 11.1. The molecule has 2 heterocycles. The molecule has 0 unspecified atom stereocenters. The third-order valence-corrected chi connectivity index (χ3v) is 5.83. The Morgan fingerprint density at radius 1 is 1.24 bits per heavy atom. The second kappa shape index (κ2) is 8.16. The van der Waals surface area contributed by atoms with Gasteiger partial charge in [0.2, 0.25) is 0 Å². The van der Waals surface area contributed by atoms with Crippen LogP contribution in [0.4, 0.5) is 5.69 Å². The number of hydrogen-bond acceptors (Lipinski definition) is 4. The number of aromatic amines is 1. The van der Waals surface area contributed by atoms with E-state index in [2.05, 4.69) is 27.0 Å². The number of aliphatic hydroxyl groups excluding tert-OH is 1. The second-order valence-electron chi connectivity index (χ2n) is 7.32. The normalized spacial score (nSPS) is 17.1. The Labute approximate surface area is 174 Å². The molecule has 3 N–H and O–H groups in total. The number of anilines is 1. The van der Waals surface area contributed by atoms with Gasteiger partial charge in [-0.2, -0.15) is 5.26 Å². The van der Waals surface area contributed by atoms with Gasteiger partial charge in [0.1, 0.15) is 17.7 Å². The maximum absolute atomic E-state index is 10.9. The lowest BCUT2D eigenvalue weighted by atomic mass is 10.1. The smallest absolute Gasteiger partial charge is 0.172 e. The number of nitrogens with one attached hydrogen (secondary N) is 2. The van der Waals surface area contributed by atoms with Crippen LogP contribution < -0.4 is 9.80 Å². The number of fused-ring (bicyclic) bond motifs is 1. The average Bonchev–Trinajstić information content (AvgIpc) is 3.17. The summed E-state index contributed by atoms with van der Waals surface area (Å²) in [5, 5.41) is 21.3. The number of nitriles is 1. The summed E-state index contributed by atoms with van der Waals surface area (Å²) in [6, 6.07) is 17.4. The number of aliphatic hydroxyl groups is 1. The lowest BCUT2D eigenvalue weighted by Gasteiger charge is -2.36. The molecule has 148 valence electrons. The molecule has 6 nitrogen and oxygen atoms in total. The topological polar surface area (TPSA) is 80.4 Å². The summed E-state index contributed by atoms with van der Waals surface area (Å²) in [6.45, 7) is 5.40. The number of allylic oxidation sites excluding steroid dienone is 1. The Morgan fingerprint density at radius 3 is 2.69 bits per heavy atom. The van der Waals surface area contributed by atoms with E-state index in [0.717, 1.165) is 47.9 Å². The highest BCUT2D eigenvalue weighted by Gasteiger charge is 2.29. The monoisotopic (exact) mass is 408 g/mol. The first kappa shape index (κ1) is 19.3. The largest absolute Gasteiger partial charge is 0.505 e. The van der Waals surface area contributed by atoms with Crippen molar-refractivity contribution in [2.24, 2.45) is 0 Å². The molecular formula is C22H23ClN5O+. The second-order valence-corrected chi connectivity index (χ2v) is 7.76. The summed E-state index contributed by atoms with van der Waals surface area (Å²) >= 11 is 6.11. The van der Waals surface area contributed by atoms with E-state index in [4.69, 9.17) is 11.6 Å². The van der Waals surface area contributed by atoms with Crippen LogP contribution in [0.2, 0.25) is 5.02 Å². The molecule has 2 aromatic carbocycles. The number of benzene rings is 2. The molecule has 0 saturated carbocycles. The van der Waals surface area contributed by atoms with Crippen molar-refractivity contribution in [2.75, 3.05) is 31.1 Å². The number of nitrogens with zero attached hydrogens (tertiary/aromatic N) is 3. The van der Waals surface area contributed by atoms with Crippen molar-refractivity contribution in [1.82, 2.24) is 9.97 Å². The van der Waals surface area contributed by atoms with Gasteiger partial charge in [-0.3, -0.25) is 0 Å². The van der Waals surface area contributed by atoms with Gasteiger partial charge in [-0.05, 0) is 37.3 Å². The van der Waals surface area contributed by atoms with Crippen molar-refractivity contribution in [3.05, 3.63) is 65.1 Å². The highest BCUT2D eigenvalue weighted by molar-refractivity contribution is 6.30. The van der Waals surface area contributed by atoms with Crippen molar-refractivity contribution in [1.29, 1.82) is 5.26 Å². The van der Waals surface area contributed by atoms with E-state index in [1.807, 2.05) is 49.4 Å². The van der Waals surface area contributed by atoms with Crippen LogP contribution in [0.3, 0.4) is 0 Å². The number of piperazine rings is 1. The van der Waals surface area contributed by atoms with Crippen LogP contribution in [0.15, 0.2) is 54.3 Å². The number of hydrogen-bond donors (Lipinski definition) is 3. The number of para-hydroxylation sites is 2. The van der Waals surface area contributed by atoms with E-state index in [1.54, 1.807) is 0 Å². The Bertz CT molecular complexity index is 1060. The molecule has 0 amide bonds. The number of rotatable bonds is 4. The third-order valence-electron chi connectivity index (χ3n) is 5.60. The molecule has 1 fully saturated rings. The molecule has 1 aromatic heterocycles. The van der Waals surface area contributed by atoms with Gasteiger partial charge in [0.05, 0.1) is 37.2 Å². The predicted octanol–water partition coefficient (Wildman–Crippen LogP) is 2.80. The zero-order chi connectivity index (χ0) is 20.4. The fraction of sp³-hybridized carbons (Fsp3) is 0.273. The van der Waals surface area contributed by atoms with Crippen molar-refractivity contribution in [2.45, 2.75) is 13.0 Å². The predicted molar refractivity (Wildman–Crippen MR) is 115 cm³/mol. The third kappa shape index (κ3) is 3.93. The lowest BCUT2D eigenvalue weighted by Crippen LogP contribution is -3.18. The standard InChI is InChI=1S/C22H22ClN5O/c1-15(27-9-11-28(12-10-27)17-6-4-5-16(23)13-17)21(29)18(14-24)22-25-19-7-2-3-8-20(19)26-22/h2-8,13,15,29H,9-12H2,1H3,(H,25,26)/p+1/b21-18-/t15-/m1/s1. The van der Waals surface area contributed by atoms with Gasteiger partial charge < -0.3 is 19.9 Å². The molecule has 29 heavy (non-hydrogen) atoms. The number of halogens is 1. The van der Waals surface area contributed by atoms with Gasteiger partial charge in [-0.1, -0.05) is 29.8 Å². The van der Waals surface area contributed by atoms with Crippen LogP contribution in [0, 0.1) is 11.3 Å². The van der Waals surface area contributed by atoms with E-state index >= 15 is 0 Å². The Hall–Kier alpha value is -3.01. The first-order valence-corrected chi connectivity index (χ1v) is 10.1. The molecular weight excluding hydrogens is 386 g/mol. The van der Waals surface area contributed by atoms with Gasteiger partial charge in [-0.25, -0.2) is 4.98 Å². The maximum atomic E-state index is 10.9. The first-order valence-electron chi connectivity index (χ1n) is 9.70. The van der Waals surface area contributed by atoms with Crippen LogP contribution in [0.25, 0.3) is 16.6 Å². The van der Waals surface area contributed by atoms with Crippen LogP contribution in [0.5, 0.6) is 0 Å². The van der Waals surface area contributed by atoms with Crippen LogP contribution in [0.1, 0.15) is 12.7 Å². The molecule has 1 aliphatic rings. The van der Waals surface area contributed by atoms with Gasteiger partial charge in [0, 0.05) is 10.7 Å². The minimum absolute atomic E-state index is 0.0813. The SMILES string of the molecule is C[C@H](/C(O)=C(\C#N)c1nc2ccccc2[nH]1)[NH+]1CCN(c2cccc(Cl)c2)CC1. The summed E-state index contributed by atoms with van der Waals surface area (Å²) in [5.41, 5.74) is 2.94. The molecule has 3 aromatic rings. The Morgan fingerprint density at radius 2 is 2.00 bits per heavy atom. The fourth-order valence-corrected chi connectivity index (χ4v) is 4.06. The maximum Gasteiger partial charge on any atom is 0.172 e. The summed E-state index contributed by atoms with van der Waals surface area (Å²) in [6.07, 6.45) is 0. The molecule has 4 rings (SSSR count). The number of quaternary nitrogens is 1. The Kier molecular flexibility index (Phi) is 5.43. The molecule has 1 saturated heterocycles. The molecule has 0 bridgehead atoms. The van der Waals surface area contributed by atoms with Crippen LogP contribution in [-0.4, -0.2) is 47.3 Å². The van der Waals surface area contributed by atoms with Crippen molar-refractivity contribution in [3.63, 3.8) is 0 Å². The van der Waals surface area contributed by atoms with E-state index in [0.29, 0.717) is 5.82 Å². The first-order chi connectivity index (χ1) is 14.1. The average molecular weight is 409 g/mol. The highest BCUT2D eigenvalue weighted by atomic mass is 35.5. The van der Waals surface area contributed by atoms with E-state index in [1.165, 1.54) is 4.90 Å². The molecule has 0 spiro atoms. The number of imidazole rings is 1. The van der Waals surface area contributed by atoms with Gasteiger partial charge in [-0.15, -0.1) is 0 Å². The van der Waals surface area contributed by atoms with Crippen molar-refractivity contribution in [3.8, 4) is 6.07 Å². The van der Waals surface area contributed by atoms with Crippen LogP contribution in [-0.2, 0) is 0 Å². The molecule has 0 aliphatic carbocycles. The molecule has 0 radical (unpaired) electrons. The summed E-state index contributed by atoms with van der Waals surface area (Å²) in [7, 11) is 0. The fourth-order valence-electron chi connectivity index (χ4n) is 3.87. The minimum atomic E-state index is -0.195. The van der Waals surface area contributed by atoms with Gasteiger partial charge in [0.15, 0.2) is 11.6 Å².